The predicted molar refractivity (Wildman–Crippen MR) is 101 cm³/mol. The van der Waals surface area contributed by atoms with Crippen molar-refractivity contribution in [3.8, 4) is 0 Å². The highest BCUT2D eigenvalue weighted by Crippen LogP contribution is 2.35. The summed E-state index contributed by atoms with van der Waals surface area (Å²) in [5.74, 6) is 1.67. The lowest BCUT2D eigenvalue weighted by Gasteiger charge is -2.35. The van der Waals surface area contributed by atoms with Crippen molar-refractivity contribution in [3.05, 3.63) is 36.2 Å². The number of benzene rings is 1. The van der Waals surface area contributed by atoms with Gasteiger partial charge < -0.3 is 15.5 Å². The highest BCUT2D eigenvalue weighted by atomic mass is 15.3. The monoisotopic (exact) mass is 325 g/mol. The maximum atomic E-state index is 6.52. The molecule has 5 nitrogen and oxygen atoms in total. The summed E-state index contributed by atoms with van der Waals surface area (Å²) in [6.07, 6.45) is 5.30. The molecule has 128 valence electrons. The van der Waals surface area contributed by atoms with E-state index < -0.39 is 0 Å². The minimum atomic E-state index is 0.470. The number of rotatable bonds is 4. The van der Waals surface area contributed by atoms with Gasteiger partial charge in [0, 0.05) is 24.8 Å². The number of nitrogen functional groups attached to an aromatic ring is 1. The Balaban J connectivity index is 2.00. The number of aryl methyl sites for hydroxylation is 1. The first-order valence-corrected chi connectivity index (χ1v) is 8.83. The summed E-state index contributed by atoms with van der Waals surface area (Å²) in [6, 6.07) is 8.90. The molecule has 2 heterocycles. The summed E-state index contributed by atoms with van der Waals surface area (Å²) >= 11 is 0. The summed E-state index contributed by atoms with van der Waals surface area (Å²) in [6.45, 7) is 8.28. The highest BCUT2D eigenvalue weighted by molar-refractivity contribution is 5.80. The molecule has 3 rings (SSSR count). The van der Waals surface area contributed by atoms with E-state index >= 15 is 0 Å². The molecule has 0 aliphatic carbocycles. The minimum absolute atomic E-state index is 0.470. The van der Waals surface area contributed by atoms with Crippen molar-refractivity contribution in [1.29, 1.82) is 0 Å². The molecule has 1 aliphatic rings. The molecule has 0 bridgehead atoms. The van der Waals surface area contributed by atoms with E-state index in [4.69, 9.17) is 5.73 Å². The molecule has 2 N–H and O–H groups in total. The fourth-order valence-electron chi connectivity index (χ4n) is 3.48. The smallest absolute Gasteiger partial charge is 0.161 e. The molecule has 0 radical (unpaired) electrons. The first kappa shape index (κ1) is 16.6. The third kappa shape index (κ3) is 3.16. The topological polar surface area (TPSA) is 58.3 Å². The largest absolute Gasteiger partial charge is 0.393 e. The van der Waals surface area contributed by atoms with Crippen LogP contribution in [0.4, 0.5) is 23.0 Å². The van der Waals surface area contributed by atoms with Crippen LogP contribution >= 0.6 is 0 Å². The van der Waals surface area contributed by atoms with Crippen molar-refractivity contribution in [1.82, 2.24) is 9.97 Å². The molecule has 0 amide bonds. The Kier molecular flexibility index (Phi) is 4.88. The Morgan fingerprint density at radius 3 is 2.83 bits per heavy atom. The van der Waals surface area contributed by atoms with E-state index in [1.807, 2.05) is 0 Å². The second-order valence-electron chi connectivity index (χ2n) is 6.56. The molecular formula is C19H27N5. The zero-order valence-corrected chi connectivity index (χ0v) is 14.9. The molecule has 1 aliphatic heterocycles. The molecule has 24 heavy (non-hydrogen) atoms. The molecule has 0 saturated carbocycles. The molecule has 2 aromatic rings. The number of aromatic nitrogens is 2. The Morgan fingerprint density at radius 2 is 2.12 bits per heavy atom. The normalized spacial score (nSPS) is 17.8. The van der Waals surface area contributed by atoms with E-state index in [0.717, 1.165) is 30.4 Å². The highest BCUT2D eigenvalue weighted by Gasteiger charge is 2.24. The Hall–Kier alpha value is -2.30. The van der Waals surface area contributed by atoms with E-state index in [0.29, 0.717) is 11.7 Å². The summed E-state index contributed by atoms with van der Waals surface area (Å²) in [5, 5.41) is 0. The van der Waals surface area contributed by atoms with Crippen molar-refractivity contribution in [3.63, 3.8) is 0 Å². The van der Waals surface area contributed by atoms with Crippen molar-refractivity contribution in [2.24, 2.45) is 0 Å². The second kappa shape index (κ2) is 7.07. The van der Waals surface area contributed by atoms with Crippen LogP contribution in [-0.2, 0) is 0 Å². The quantitative estimate of drug-likeness (QED) is 0.924. The van der Waals surface area contributed by atoms with Gasteiger partial charge in [0.15, 0.2) is 11.6 Å². The van der Waals surface area contributed by atoms with Gasteiger partial charge in [0.1, 0.15) is 12.0 Å². The van der Waals surface area contributed by atoms with Gasteiger partial charge in [-0.1, -0.05) is 12.1 Å². The Bertz CT molecular complexity index is 700. The fourth-order valence-corrected chi connectivity index (χ4v) is 3.48. The van der Waals surface area contributed by atoms with Gasteiger partial charge in [0.05, 0.1) is 0 Å². The van der Waals surface area contributed by atoms with Crippen LogP contribution in [0.1, 0.15) is 38.7 Å². The van der Waals surface area contributed by atoms with E-state index in [2.05, 4.69) is 64.8 Å². The van der Waals surface area contributed by atoms with Crippen LogP contribution in [0.2, 0.25) is 0 Å². The van der Waals surface area contributed by atoms with Crippen LogP contribution in [0.15, 0.2) is 30.6 Å². The van der Waals surface area contributed by atoms with E-state index in [9.17, 15) is 0 Å². The van der Waals surface area contributed by atoms with E-state index in [-0.39, 0.29) is 0 Å². The maximum absolute atomic E-state index is 6.52. The van der Waals surface area contributed by atoms with Gasteiger partial charge >= 0.3 is 0 Å². The van der Waals surface area contributed by atoms with Crippen molar-refractivity contribution < 1.29 is 0 Å². The van der Waals surface area contributed by atoms with Gasteiger partial charge in [-0.2, -0.15) is 0 Å². The summed E-state index contributed by atoms with van der Waals surface area (Å²) in [7, 11) is 0. The van der Waals surface area contributed by atoms with Crippen LogP contribution in [0.25, 0.3) is 0 Å². The van der Waals surface area contributed by atoms with Gasteiger partial charge in [0.25, 0.3) is 0 Å². The van der Waals surface area contributed by atoms with Crippen LogP contribution in [-0.4, -0.2) is 29.1 Å². The first-order chi connectivity index (χ1) is 11.6. The average molecular weight is 325 g/mol. The molecule has 0 spiro atoms. The molecule has 1 atom stereocenters. The van der Waals surface area contributed by atoms with Gasteiger partial charge in [-0.25, -0.2) is 9.97 Å². The zero-order valence-electron chi connectivity index (χ0n) is 14.9. The van der Waals surface area contributed by atoms with Crippen LogP contribution < -0.4 is 15.5 Å². The average Bonchev–Trinajstić information content (AvgIpc) is 2.58. The Morgan fingerprint density at radius 1 is 1.29 bits per heavy atom. The van der Waals surface area contributed by atoms with Crippen molar-refractivity contribution >= 4 is 23.0 Å². The van der Waals surface area contributed by atoms with Crippen molar-refractivity contribution in [2.75, 3.05) is 28.6 Å². The number of hydrogen-bond donors (Lipinski definition) is 1. The molecule has 1 aromatic carbocycles. The number of piperidine rings is 1. The Labute approximate surface area is 144 Å². The lowest BCUT2D eigenvalue weighted by molar-refractivity contribution is 0.481. The third-order valence-electron chi connectivity index (χ3n) is 4.80. The molecular weight excluding hydrogens is 298 g/mol. The third-order valence-corrected chi connectivity index (χ3v) is 4.80. The van der Waals surface area contributed by atoms with E-state index in [1.165, 1.54) is 24.8 Å². The second-order valence-corrected chi connectivity index (χ2v) is 6.56. The summed E-state index contributed by atoms with van der Waals surface area (Å²) < 4.78 is 0. The van der Waals surface area contributed by atoms with Gasteiger partial charge in [0.2, 0.25) is 0 Å². The lowest BCUT2D eigenvalue weighted by atomic mass is 10.0. The number of nitrogens with zero attached hydrogens (tertiary/aromatic N) is 4. The van der Waals surface area contributed by atoms with Crippen LogP contribution in [0.3, 0.4) is 0 Å². The number of hydrogen-bond acceptors (Lipinski definition) is 5. The van der Waals surface area contributed by atoms with Crippen LogP contribution in [0.5, 0.6) is 0 Å². The first-order valence-electron chi connectivity index (χ1n) is 8.83. The molecule has 1 unspecified atom stereocenters. The molecule has 5 heteroatoms. The zero-order chi connectivity index (χ0) is 17.1. The van der Waals surface area contributed by atoms with E-state index in [1.54, 1.807) is 6.33 Å². The SMILES string of the molecule is CCN(c1cccc(C)c1)c1ncnc(N2CCCCC2C)c1N. The van der Waals surface area contributed by atoms with Gasteiger partial charge in [-0.3, -0.25) is 0 Å². The molecule has 1 aromatic heterocycles. The standard InChI is InChI=1S/C19H27N5/c1-4-23(16-10-7-8-14(2)12-16)18-17(20)19(22-13-21-18)24-11-6-5-9-15(24)3/h7-8,10,12-13,15H,4-6,9,11,20H2,1-3H3. The fraction of sp³-hybridized carbons (Fsp3) is 0.474. The van der Waals surface area contributed by atoms with Gasteiger partial charge in [-0.05, 0) is 57.7 Å². The lowest BCUT2D eigenvalue weighted by Crippen LogP contribution is -2.38. The molecule has 1 saturated heterocycles. The van der Waals surface area contributed by atoms with Crippen LogP contribution in [0, 0.1) is 6.92 Å². The maximum Gasteiger partial charge on any atom is 0.161 e. The summed E-state index contributed by atoms with van der Waals surface area (Å²) in [4.78, 5) is 13.5. The molecule has 1 fully saturated rings. The minimum Gasteiger partial charge on any atom is -0.393 e. The number of nitrogens with two attached hydrogens (primary N) is 1. The predicted octanol–water partition coefficient (Wildman–Crippen LogP) is 3.90. The summed E-state index contributed by atoms with van der Waals surface area (Å²) in [5.41, 5.74) is 9.53. The van der Waals surface area contributed by atoms with Crippen molar-refractivity contribution in [2.45, 2.75) is 46.1 Å². The van der Waals surface area contributed by atoms with Gasteiger partial charge in [-0.15, -0.1) is 0 Å². The number of anilines is 4.